The molecule has 35 heavy (non-hydrogen) atoms. The molecule has 0 aliphatic carbocycles. The fourth-order valence-corrected chi connectivity index (χ4v) is 5.22. The number of nitrogens with zero attached hydrogens (tertiary/aromatic N) is 4. The van der Waals surface area contributed by atoms with E-state index >= 15 is 0 Å². The van der Waals surface area contributed by atoms with E-state index in [1.165, 1.54) is 4.57 Å². The van der Waals surface area contributed by atoms with Gasteiger partial charge in [-0.3, -0.25) is 14.1 Å². The summed E-state index contributed by atoms with van der Waals surface area (Å²) in [6, 6.07) is -0.361. The van der Waals surface area contributed by atoms with E-state index in [0.717, 1.165) is 31.2 Å². The van der Waals surface area contributed by atoms with Crippen molar-refractivity contribution in [3.8, 4) is 5.88 Å². The van der Waals surface area contributed by atoms with Crippen LogP contribution in [0.2, 0.25) is 0 Å². The molecule has 1 fully saturated rings. The maximum absolute atomic E-state index is 13.6. The second-order valence-corrected chi connectivity index (χ2v) is 10.7. The van der Waals surface area contributed by atoms with E-state index in [1.807, 2.05) is 13.8 Å². The molecule has 3 rings (SSSR count). The number of aromatic hydroxyl groups is 1. The number of hydrogen-bond donors (Lipinski definition) is 2. The monoisotopic (exact) mass is 509 g/mol. The summed E-state index contributed by atoms with van der Waals surface area (Å²) in [5, 5.41) is 10.6. The second kappa shape index (κ2) is 12.4. The molecule has 0 unspecified atom stereocenters. The number of ether oxygens (including phenoxy) is 2. The van der Waals surface area contributed by atoms with Crippen molar-refractivity contribution < 1.29 is 23.0 Å². The van der Waals surface area contributed by atoms with E-state index in [4.69, 9.17) is 9.47 Å². The number of rotatable bonds is 12. The van der Waals surface area contributed by atoms with Gasteiger partial charge in [0, 0.05) is 45.6 Å². The topological polar surface area (TPSA) is 146 Å². The molecular formula is C23H35N5O6S. The van der Waals surface area contributed by atoms with Gasteiger partial charge in [0.25, 0.3) is 5.56 Å². The van der Waals surface area contributed by atoms with Gasteiger partial charge in [0.05, 0.1) is 18.4 Å². The van der Waals surface area contributed by atoms with Gasteiger partial charge >= 0.3 is 0 Å². The highest BCUT2D eigenvalue weighted by Crippen LogP contribution is 2.30. The number of aromatic nitrogens is 4. The molecule has 0 spiro atoms. The quantitative estimate of drug-likeness (QED) is 0.438. The van der Waals surface area contributed by atoms with Gasteiger partial charge in [0.15, 0.2) is 5.69 Å². The first-order valence-corrected chi connectivity index (χ1v) is 13.6. The normalized spacial score (nSPS) is 15.7. The molecule has 1 atom stereocenters. The Bertz CT molecular complexity index is 1130. The Hall–Kier alpha value is -2.57. The molecule has 1 aliphatic rings. The van der Waals surface area contributed by atoms with Crippen molar-refractivity contribution in [1.82, 2.24) is 19.5 Å². The fraction of sp³-hybridized carbons (Fsp3) is 0.652. The number of hydrogen-bond acceptors (Lipinski definition) is 9. The molecule has 2 aromatic rings. The number of sulfonamides is 1. The van der Waals surface area contributed by atoms with Gasteiger partial charge < -0.3 is 14.6 Å². The third-order valence-corrected chi connectivity index (χ3v) is 7.35. The number of nitrogens with one attached hydrogen (secondary N) is 1. The zero-order valence-electron chi connectivity index (χ0n) is 20.6. The Morgan fingerprint density at radius 3 is 2.57 bits per heavy atom. The Morgan fingerprint density at radius 1 is 1.26 bits per heavy atom. The average Bonchev–Trinajstić information content (AvgIpc) is 2.84. The highest BCUT2D eigenvalue weighted by Gasteiger charge is 2.31. The van der Waals surface area contributed by atoms with Crippen LogP contribution in [-0.4, -0.2) is 65.7 Å². The largest absolute Gasteiger partial charge is 0.492 e. The van der Waals surface area contributed by atoms with Crippen molar-refractivity contribution in [2.45, 2.75) is 58.4 Å². The Labute approximate surface area is 206 Å². The van der Waals surface area contributed by atoms with E-state index in [-0.39, 0.29) is 30.7 Å². The van der Waals surface area contributed by atoms with Gasteiger partial charge in [-0.15, -0.1) is 0 Å². The SMILES string of the molecule is CCCCc1nc(O)c(NS(=O)(=O)CCc2ncc(C)cn2)c(=O)n1[C@@H](COC)C1CCOCC1. The first-order chi connectivity index (χ1) is 16.8. The maximum atomic E-state index is 13.6. The van der Waals surface area contributed by atoms with E-state index in [9.17, 15) is 18.3 Å². The molecule has 0 amide bonds. The molecule has 0 bridgehead atoms. The maximum Gasteiger partial charge on any atom is 0.282 e. The molecule has 1 aliphatic heterocycles. The van der Waals surface area contributed by atoms with Crippen LogP contribution in [0.3, 0.4) is 0 Å². The third kappa shape index (κ3) is 7.21. The van der Waals surface area contributed by atoms with Crippen molar-refractivity contribution in [3.63, 3.8) is 0 Å². The fourth-order valence-electron chi connectivity index (χ4n) is 4.18. The summed E-state index contributed by atoms with van der Waals surface area (Å²) in [5.41, 5.74) is -0.222. The van der Waals surface area contributed by atoms with Crippen LogP contribution in [0.4, 0.5) is 5.69 Å². The van der Waals surface area contributed by atoms with Crippen LogP contribution in [0.5, 0.6) is 5.88 Å². The van der Waals surface area contributed by atoms with Crippen LogP contribution < -0.4 is 10.3 Å². The Balaban J connectivity index is 1.94. The molecule has 1 saturated heterocycles. The second-order valence-electron chi connectivity index (χ2n) is 8.83. The minimum Gasteiger partial charge on any atom is -0.492 e. The standard InChI is InChI=1S/C23H35N5O6S/c1-4-5-6-20-26-22(29)21(27-35(31,32)12-9-19-24-13-16(2)14-25-19)23(30)28(20)18(15-33-3)17-7-10-34-11-8-17/h13-14,17-18,27,29H,4-12,15H2,1-3H3/t18-/m0/s1. The zero-order chi connectivity index (χ0) is 25.4. The highest BCUT2D eigenvalue weighted by atomic mass is 32.2. The lowest BCUT2D eigenvalue weighted by Gasteiger charge is -2.32. The Kier molecular flexibility index (Phi) is 9.58. The van der Waals surface area contributed by atoms with Gasteiger partial charge in [-0.1, -0.05) is 13.3 Å². The molecular weight excluding hydrogens is 474 g/mol. The summed E-state index contributed by atoms with van der Waals surface area (Å²) >= 11 is 0. The lowest BCUT2D eigenvalue weighted by atomic mass is 9.91. The van der Waals surface area contributed by atoms with Gasteiger partial charge in [0.1, 0.15) is 11.6 Å². The summed E-state index contributed by atoms with van der Waals surface area (Å²) in [6.45, 7) is 5.27. The Morgan fingerprint density at radius 2 is 1.94 bits per heavy atom. The van der Waals surface area contributed by atoms with Crippen molar-refractivity contribution in [1.29, 1.82) is 0 Å². The summed E-state index contributed by atoms with van der Waals surface area (Å²) in [6.07, 6.45) is 6.87. The summed E-state index contributed by atoms with van der Waals surface area (Å²) in [4.78, 5) is 26.1. The van der Waals surface area contributed by atoms with Crippen molar-refractivity contribution in [2.75, 3.05) is 37.4 Å². The highest BCUT2D eigenvalue weighted by molar-refractivity contribution is 7.92. The molecule has 0 radical (unpaired) electrons. The molecule has 11 nitrogen and oxygen atoms in total. The number of methoxy groups -OCH3 is 1. The predicted molar refractivity (Wildman–Crippen MR) is 131 cm³/mol. The number of aryl methyl sites for hydroxylation is 3. The molecule has 2 N–H and O–H groups in total. The number of unbranched alkanes of at least 4 members (excludes halogenated alkanes) is 1. The summed E-state index contributed by atoms with van der Waals surface area (Å²) < 4.78 is 40.3. The van der Waals surface area contributed by atoms with Crippen LogP contribution in [0.25, 0.3) is 0 Å². The molecule has 194 valence electrons. The average molecular weight is 510 g/mol. The predicted octanol–water partition coefficient (Wildman–Crippen LogP) is 1.99. The van der Waals surface area contributed by atoms with E-state index < -0.39 is 27.1 Å². The van der Waals surface area contributed by atoms with E-state index in [2.05, 4.69) is 19.7 Å². The number of anilines is 1. The summed E-state index contributed by atoms with van der Waals surface area (Å²) in [7, 11) is -2.43. The van der Waals surface area contributed by atoms with Gasteiger partial charge in [0.2, 0.25) is 15.9 Å². The molecule has 0 saturated carbocycles. The van der Waals surface area contributed by atoms with Crippen molar-refractivity contribution >= 4 is 15.7 Å². The van der Waals surface area contributed by atoms with Crippen LogP contribution in [0.1, 0.15) is 55.9 Å². The first kappa shape index (κ1) is 27.0. The first-order valence-electron chi connectivity index (χ1n) is 11.9. The molecule has 3 heterocycles. The van der Waals surface area contributed by atoms with Crippen molar-refractivity contribution in [3.05, 3.63) is 40.0 Å². The summed E-state index contributed by atoms with van der Waals surface area (Å²) in [5.74, 6) is -0.102. The van der Waals surface area contributed by atoms with E-state index in [0.29, 0.717) is 31.3 Å². The van der Waals surface area contributed by atoms with Crippen LogP contribution in [0.15, 0.2) is 17.2 Å². The van der Waals surface area contributed by atoms with Gasteiger partial charge in [-0.2, -0.15) is 4.98 Å². The van der Waals surface area contributed by atoms with Gasteiger partial charge in [-0.05, 0) is 37.7 Å². The lowest BCUT2D eigenvalue weighted by Crippen LogP contribution is -2.39. The molecule has 2 aromatic heterocycles. The van der Waals surface area contributed by atoms with E-state index in [1.54, 1.807) is 19.5 Å². The van der Waals surface area contributed by atoms with Crippen LogP contribution in [0, 0.1) is 12.8 Å². The van der Waals surface area contributed by atoms with Crippen LogP contribution >= 0.6 is 0 Å². The molecule has 0 aromatic carbocycles. The van der Waals surface area contributed by atoms with Gasteiger partial charge in [-0.25, -0.2) is 18.4 Å². The lowest BCUT2D eigenvalue weighted by molar-refractivity contribution is 0.0272. The minimum absolute atomic E-state index is 0.0565. The molecule has 12 heteroatoms. The van der Waals surface area contributed by atoms with Crippen molar-refractivity contribution in [2.24, 2.45) is 5.92 Å². The smallest absolute Gasteiger partial charge is 0.282 e. The minimum atomic E-state index is -3.99. The third-order valence-electron chi connectivity index (χ3n) is 6.09. The zero-order valence-corrected chi connectivity index (χ0v) is 21.4. The van der Waals surface area contributed by atoms with Crippen LogP contribution in [-0.2, 0) is 32.3 Å².